The van der Waals surface area contributed by atoms with Gasteiger partial charge in [-0.1, -0.05) is 11.6 Å². The number of hydrogen-bond donors (Lipinski definition) is 0. The average Bonchev–Trinajstić information content (AvgIpc) is 2.32. The van der Waals surface area contributed by atoms with Crippen LogP contribution >= 0.6 is 11.6 Å². The number of nitrogens with zero attached hydrogens (tertiary/aromatic N) is 2. The van der Waals surface area contributed by atoms with Gasteiger partial charge in [0.15, 0.2) is 5.82 Å². The third-order valence-corrected chi connectivity index (χ3v) is 3.21. The Labute approximate surface area is 103 Å². The number of piperidine rings is 1. The first-order valence-electron chi connectivity index (χ1n) is 5.48. The minimum absolute atomic E-state index is 0.0167. The highest BCUT2D eigenvalue weighted by atomic mass is 35.5. The molecule has 17 heavy (non-hydrogen) atoms. The molecule has 0 unspecified atom stereocenters. The van der Waals surface area contributed by atoms with Gasteiger partial charge >= 0.3 is 0 Å². The quantitative estimate of drug-likeness (QED) is 0.603. The predicted molar refractivity (Wildman–Crippen MR) is 64.1 cm³/mol. The molecule has 0 N–H and O–H groups in total. The van der Waals surface area contributed by atoms with Gasteiger partial charge in [-0.15, -0.1) is 0 Å². The first kappa shape index (κ1) is 12.1. The smallest absolute Gasteiger partial charge is 0.290 e. The van der Waals surface area contributed by atoms with Crippen molar-refractivity contribution in [2.24, 2.45) is 0 Å². The zero-order valence-electron chi connectivity index (χ0n) is 9.16. The Balaban J connectivity index is 2.35. The summed E-state index contributed by atoms with van der Waals surface area (Å²) in [5, 5.41) is 10.6. The van der Waals surface area contributed by atoms with Gasteiger partial charge in [0, 0.05) is 13.1 Å². The molecule has 0 aliphatic carbocycles. The Bertz CT molecular complexity index is 447. The van der Waals surface area contributed by atoms with Crippen molar-refractivity contribution in [3.63, 3.8) is 0 Å². The van der Waals surface area contributed by atoms with E-state index in [-0.39, 0.29) is 10.7 Å². The lowest BCUT2D eigenvalue weighted by molar-refractivity contribution is -0.384. The lowest BCUT2D eigenvalue weighted by Crippen LogP contribution is -2.30. The number of nitro benzene ring substituents is 1. The maximum absolute atomic E-state index is 13.8. The largest absolute Gasteiger partial charge is 0.369 e. The van der Waals surface area contributed by atoms with Gasteiger partial charge < -0.3 is 4.90 Å². The van der Waals surface area contributed by atoms with Gasteiger partial charge in [-0.25, -0.2) is 4.39 Å². The molecular formula is C11H12ClFN2O2. The van der Waals surface area contributed by atoms with Crippen LogP contribution in [0.25, 0.3) is 0 Å². The summed E-state index contributed by atoms with van der Waals surface area (Å²) in [5.41, 5.74) is -0.0229. The summed E-state index contributed by atoms with van der Waals surface area (Å²) in [7, 11) is 0. The summed E-state index contributed by atoms with van der Waals surface area (Å²) < 4.78 is 13.8. The van der Waals surface area contributed by atoms with Gasteiger partial charge in [-0.2, -0.15) is 0 Å². The van der Waals surface area contributed by atoms with Crippen LogP contribution in [0.4, 0.5) is 15.8 Å². The molecule has 1 fully saturated rings. The van der Waals surface area contributed by atoms with Crippen LogP contribution in [0.1, 0.15) is 19.3 Å². The molecule has 1 aromatic carbocycles. The summed E-state index contributed by atoms with van der Waals surface area (Å²) in [6.07, 6.45) is 3.15. The van der Waals surface area contributed by atoms with Gasteiger partial charge in [0.2, 0.25) is 0 Å². The minimum Gasteiger partial charge on any atom is -0.369 e. The molecule has 2 rings (SSSR count). The van der Waals surface area contributed by atoms with Crippen LogP contribution in [-0.2, 0) is 0 Å². The van der Waals surface area contributed by atoms with Crippen molar-refractivity contribution in [3.05, 3.63) is 33.1 Å². The fraction of sp³-hybridized carbons (Fsp3) is 0.455. The van der Waals surface area contributed by atoms with Gasteiger partial charge in [-0.05, 0) is 25.3 Å². The van der Waals surface area contributed by atoms with E-state index in [1.54, 1.807) is 0 Å². The summed E-state index contributed by atoms with van der Waals surface area (Å²) in [6, 6.07) is 2.24. The van der Waals surface area contributed by atoms with Crippen molar-refractivity contribution in [1.82, 2.24) is 0 Å². The molecule has 0 radical (unpaired) electrons. The fourth-order valence-electron chi connectivity index (χ4n) is 2.04. The molecule has 1 aliphatic rings. The molecule has 0 atom stereocenters. The monoisotopic (exact) mass is 258 g/mol. The second-order valence-corrected chi connectivity index (χ2v) is 4.47. The van der Waals surface area contributed by atoms with Crippen LogP contribution in [0.15, 0.2) is 12.1 Å². The van der Waals surface area contributed by atoms with E-state index < -0.39 is 10.7 Å². The predicted octanol–water partition coefficient (Wildman–Crippen LogP) is 3.38. The summed E-state index contributed by atoms with van der Waals surface area (Å²) in [6.45, 7) is 1.54. The third kappa shape index (κ3) is 2.49. The summed E-state index contributed by atoms with van der Waals surface area (Å²) in [4.78, 5) is 11.8. The second kappa shape index (κ2) is 4.87. The van der Waals surface area contributed by atoms with Gasteiger partial charge in [0.1, 0.15) is 5.02 Å². The van der Waals surface area contributed by atoms with Crippen LogP contribution in [0.5, 0.6) is 0 Å². The van der Waals surface area contributed by atoms with Crippen LogP contribution in [0.2, 0.25) is 5.02 Å². The van der Waals surface area contributed by atoms with Crippen molar-refractivity contribution in [3.8, 4) is 0 Å². The first-order valence-corrected chi connectivity index (χ1v) is 5.86. The van der Waals surface area contributed by atoms with Crippen molar-refractivity contribution >= 4 is 23.0 Å². The van der Waals surface area contributed by atoms with E-state index in [0.717, 1.165) is 38.4 Å². The Morgan fingerprint density at radius 3 is 2.53 bits per heavy atom. The van der Waals surface area contributed by atoms with E-state index >= 15 is 0 Å². The molecule has 1 aliphatic heterocycles. The van der Waals surface area contributed by atoms with E-state index in [4.69, 9.17) is 11.6 Å². The molecule has 0 bridgehead atoms. The van der Waals surface area contributed by atoms with Crippen LogP contribution in [0.3, 0.4) is 0 Å². The molecule has 6 heteroatoms. The molecule has 0 aromatic heterocycles. The summed E-state index contributed by atoms with van der Waals surface area (Å²) >= 11 is 5.78. The number of hydrogen-bond acceptors (Lipinski definition) is 3. The molecular weight excluding hydrogens is 247 g/mol. The maximum atomic E-state index is 13.8. The maximum Gasteiger partial charge on any atom is 0.290 e. The molecule has 0 saturated carbocycles. The number of anilines is 1. The Kier molecular flexibility index (Phi) is 3.47. The fourth-order valence-corrected chi connectivity index (χ4v) is 2.27. The zero-order chi connectivity index (χ0) is 12.4. The number of rotatable bonds is 2. The highest BCUT2D eigenvalue weighted by Crippen LogP contribution is 2.33. The third-order valence-electron chi connectivity index (χ3n) is 2.91. The van der Waals surface area contributed by atoms with Crippen molar-refractivity contribution in [2.45, 2.75) is 19.3 Å². The minimum atomic E-state index is -0.675. The average molecular weight is 259 g/mol. The lowest BCUT2D eigenvalue weighted by Gasteiger charge is -2.29. The molecule has 4 nitrogen and oxygen atoms in total. The van der Waals surface area contributed by atoms with Gasteiger partial charge in [-0.3, -0.25) is 10.1 Å². The first-order chi connectivity index (χ1) is 8.09. The van der Waals surface area contributed by atoms with Crippen molar-refractivity contribution in [2.75, 3.05) is 18.0 Å². The number of benzene rings is 1. The highest BCUT2D eigenvalue weighted by Gasteiger charge is 2.21. The molecule has 92 valence electrons. The Morgan fingerprint density at radius 2 is 1.94 bits per heavy atom. The molecule has 0 amide bonds. The molecule has 1 aromatic rings. The van der Waals surface area contributed by atoms with E-state index in [1.807, 2.05) is 4.90 Å². The number of nitro groups is 1. The summed E-state index contributed by atoms with van der Waals surface area (Å²) in [5.74, 6) is -0.581. The molecule has 1 heterocycles. The lowest BCUT2D eigenvalue weighted by atomic mass is 10.1. The Hall–Kier alpha value is -1.36. The Morgan fingerprint density at radius 1 is 1.29 bits per heavy atom. The van der Waals surface area contributed by atoms with E-state index in [0.29, 0.717) is 5.69 Å². The van der Waals surface area contributed by atoms with Gasteiger partial charge in [0.25, 0.3) is 5.69 Å². The van der Waals surface area contributed by atoms with Crippen molar-refractivity contribution in [1.29, 1.82) is 0 Å². The highest BCUT2D eigenvalue weighted by molar-refractivity contribution is 6.32. The zero-order valence-corrected chi connectivity index (χ0v) is 9.91. The van der Waals surface area contributed by atoms with Crippen LogP contribution in [-0.4, -0.2) is 18.0 Å². The SMILES string of the molecule is O=[N+]([O-])c1cc(F)c(N2CCCCC2)cc1Cl. The molecule has 1 saturated heterocycles. The molecule has 0 spiro atoms. The van der Waals surface area contributed by atoms with E-state index in [9.17, 15) is 14.5 Å². The van der Waals surface area contributed by atoms with Crippen molar-refractivity contribution < 1.29 is 9.31 Å². The van der Waals surface area contributed by atoms with E-state index in [2.05, 4.69) is 0 Å². The number of halogens is 2. The van der Waals surface area contributed by atoms with Crippen LogP contribution in [0, 0.1) is 15.9 Å². The normalized spacial score (nSPS) is 16.0. The standard InChI is InChI=1S/C11H12ClFN2O2/c12-8-6-11(14-4-2-1-3-5-14)9(13)7-10(8)15(16)17/h6-7H,1-5H2. The van der Waals surface area contributed by atoms with Gasteiger partial charge in [0.05, 0.1) is 16.7 Å². The van der Waals surface area contributed by atoms with Crippen LogP contribution < -0.4 is 4.90 Å². The van der Waals surface area contributed by atoms with E-state index in [1.165, 1.54) is 6.07 Å². The second-order valence-electron chi connectivity index (χ2n) is 4.06. The topological polar surface area (TPSA) is 46.4 Å².